The van der Waals surface area contributed by atoms with Gasteiger partial charge in [0, 0.05) is 16.0 Å². The molecular weight excluding hydrogens is 390 g/mol. The van der Waals surface area contributed by atoms with Gasteiger partial charge in [0.1, 0.15) is 0 Å². The minimum absolute atomic E-state index is 0.0579. The summed E-state index contributed by atoms with van der Waals surface area (Å²) in [4.78, 5) is 25.8. The summed E-state index contributed by atoms with van der Waals surface area (Å²) in [6.07, 6.45) is 0. The van der Waals surface area contributed by atoms with Gasteiger partial charge in [-0.2, -0.15) is 0 Å². The fraction of sp³-hybridized carbons (Fsp3) is 0.130. The lowest BCUT2D eigenvalue weighted by molar-refractivity contribution is 0.101. The highest BCUT2D eigenvalue weighted by Crippen LogP contribution is 2.28. The maximum absolute atomic E-state index is 12.7. The van der Waals surface area contributed by atoms with Crippen molar-refractivity contribution in [3.05, 3.63) is 94.0 Å². The lowest BCUT2D eigenvalue weighted by Crippen LogP contribution is -2.13. The van der Waals surface area contributed by atoms with E-state index in [9.17, 15) is 9.59 Å². The summed E-state index contributed by atoms with van der Waals surface area (Å²) < 4.78 is 0. The fourth-order valence-electron chi connectivity index (χ4n) is 2.84. The van der Waals surface area contributed by atoms with Crippen molar-refractivity contribution in [3.8, 4) is 0 Å². The number of halogens is 1. The summed E-state index contributed by atoms with van der Waals surface area (Å²) in [5.41, 5.74) is 3.79. The molecular formula is C23H20ClNO2S. The van der Waals surface area contributed by atoms with Crippen molar-refractivity contribution < 1.29 is 9.59 Å². The van der Waals surface area contributed by atoms with Gasteiger partial charge in [0.25, 0.3) is 5.91 Å². The average Bonchev–Trinajstić information content (AvgIpc) is 2.69. The third-order valence-electron chi connectivity index (χ3n) is 4.23. The van der Waals surface area contributed by atoms with Gasteiger partial charge in [-0.05, 0) is 49.2 Å². The normalized spacial score (nSPS) is 10.5. The standard InChI is InChI=1S/C23H20ClNO2S/c1-15-11-16(2)22(20(24)12-15)25-23(27)18-9-6-10-19(13-18)28-14-21(26)17-7-4-3-5-8-17/h3-13H,14H2,1-2H3,(H,25,27). The van der Waals surface area contributed by atoms with Crippen LogP contribution in [0.15, 0.2) is 71.6 Å². The molecule has 0 saturated carbocycles. The minimum Gasteiger partial charge on any atom is -0.320 e. The zero-order chi connectivity index (χ0) is 20.1. The molecule has 0 radical (unpaired) electrons. The third-order valence-corrected chi connectivity index (χ3v) is 5.52. The molecule has 3 aromatic rings. The number of hydrogen-bond acceptors (Lipinski definition) is 3. The number of aryl methyl sites for hydroxylation is 2. The molecule has 0 unspecified atom stereocenters. The number of anilines is 1. The van der Waals surface area contributed by atoms with E-state index in [1.54, 1.807) is 24.3 Å². The number of carbonyl (C=O) groups excluding carboxylic acids is 2. The topological polar surface area (TPSA) is 46.2 Å². The van der Waals surface area contributed by atoms with E-state index in [0.29, 0.717) is 27.6 Å². The van der Waals surface area contributed by atoms with E-state index < -0.39 is 0 Å². The lowest BCUT2D eigenvalue weighted by atomic mass is 10.1. The molecule has 142 valence electrons. The van der Waals surface area contributed by atoms with Gasteiger partial charge >= 0.3 is 0 Å². The number of Topliss-reactive ketones (excluding diaryl/α,β-unsaturated/α-hetero) is 1. The first kappa shape index (κ1) is 20.2. The molecule has 3 aromatic carbocycles. The van der Waals surface area contributed by atoms with Crippen molar-refractivity contribution >= 4 is 40.7 Å². The van der Waals surface area contributed by atoms with E-state index in [-0.39, 0.29) is 11.7 Å². The quantitative estimate of drug-likeness (QED) is 0.390. The molecule has 0 aliphatic heterocycles. The van der Waals surface area contributed by atoms with E-state index in [2.05, 4.69) is 5.32 Å². The van der Waals surface area contributed by atoms with Crippen LogP contribution in [0.25, 0.3) is 0 Å². The van der Waals surface area contributed by atoms with E-state index in [1.807, 2.05) is 56.3 Å². The highest BCUT2D eigenvalue weighted by atomic mass is 35.5. The maximum atomic E-state index is 12.7. The van der Waals surface area contributed by atoms with Crippen molar-refractivity contribution in [1.82, 2.24) is 0 Å². The molecule has 0 aliphatic rings. The first-order valence-electron chi connectivity index (χ1n) is 8.83. The second-order valence-corrected chi connectivity index (χ2v) is 7.95. The van der Waals surface area contributed by atoms with Gasteiger partial charge in [-0.15, -0.1) is 11.8 Å². The molecule has 0 saturated heterocycles. The van der Waals surface area contributed by atoms with E-state index in [0.717, 1.165) is 16.0 Å². The molecule has 0 heterocycles. The monoisotopic (exact) mass is 409 g/mol. The Hall–Kier alpha value is -2.56. The SMILES string of the molecule is Cc1cc(C)c(NC(=O)c2cccc(SCC(=O)c3ccccc3)c2)c(Cl)c1. The molecule has 0 atom stereocenters. The first-order chi connectivity index (χ1) is 13.4. The van der Waals surface area contributed by atoms with Gasteiger partial charge in [-0.1, -0.05) is 54.1 Å². The minimum atomic E-state index is -0.231. The van der Waals surface area contributed by atoms with Crippen LogP contribution in [0.2, 0.25) is 5.02 Å². The summed E-state index contributed by atoms with van der Waals surface area (Å²) in [6, 6.07) is 20.2. The Bertz CT molecular complexity index is 995. The van der Waals surface area contributed by atoms with Crippen molar-refractivity contribution in [2.75, 3.05) is 11.1 Å². The lowest BCUT2D eigenvalue weighted by Gasteiger charge is -2.12. The van der Waals surface area contributed by atoms with Gasteiger partial charge in [0.15, 0.2) is 5.78 Å². The Balaban J connectivity index is 1.69. The van der Waals surface area contributed by atoms with Crippen molar-refractivity contribution in [2.24, 2.45) is 0 Å². The average molecular weight is 410 g/mol. The van der Waals surface area contributed by atoms with Crippen LogP contribution >= 0.6 is 23.4 Å². The predicted molar refractivity (Wildman–Crippen MR) is 117 cm³/mol. The summed E-state index contributed by atoms with van der Waals surface area (Å²) in [5.74, 6) is 0.144. The Morgan fingerprint density at radius 2 is 1.64 bits per heavy atom. The highest BCUT2D eigenvalue weighted by molar-refractivity contribution is 8.00. The van der Waals surface area contributed by atoms with Gasteiger partial charge in [0.05, 0.1) is 16.5 Å². The van der Waals surface area contributed by atoms with E-state index in [1.165, 1.54) is 11.8 Å². The fourth-order valence-corrected chi connectivity index (χ4v) is 4.06. The molecule has 3 nitrogen and oxygen atoms in total. The van der Waals surface area contributed by atoms with Gasteiger partial charge in [-0.25, -0.2) is 0 Å². The third kappa shape index (κ3) is 5.03. The Morgan fingerprint density at radius 1 is 0.929 bits per heavy atom. The zero-order valence-electron chi connectivity index (χ0n) is 15.7. The molecule has 0 aromatic heterocycles. The molecule has 1 amide bonds. The largest absolute Gasteiger partial charge is 0.320 e. The molecule has 3 rings (SSSR count). The zero-order valence-corrected chi connectivity index (χ0v) is 17.2. The second kappa shape index (κ2) is 9.09. The Morgan fingerprint density at radius 3 is 2.36 bits per heavy atom. The van der Waals surface area contributed by atoms with Crippen LogP contribution in [0, 0.1) is 13.8 Å². The molecule has 5 heteroatoms. The van der Waals surface area contributed by atoms with Crippen molar-refractivity contribution in [1.29, 1.82) is 0 Å². The molecule has 28 heavy (non-hydrogen) atoms. The van der Waals surface area contributed by atoms with Crippen molar-refractivity contribution in [3.63, 3.8) is 0 Å². The second-order valence-electron chi connectivity index (χ2n) is 6.50. The summed E-state index contributed by atoms with van der Waals surface area (Å²) >= 11 is 7.70. The number of carbonyl (C=O) groups is 2. The maximum Gasteiger partial charge on any atom is 0.255 e. The molecule has 0 fully saturated rings. The van der Waals surface area contributed by atoms with Crippen LogP contribution < -0.4 is 5.32 Å². The number of rotatable bonds is 6. The van der Waals surface area contributed by atoms with Gasteiger partial charge < -0.3 is 5.32 Å². The summed E-state index contributed by atoms with van der Waals surface area (Å²) in [5, 5.41) is 3.41. The van der Waals surface area contributed by atoms with Crippen LogP contribution in [0.5, 0.6) is 0 Å². The van der Waals surface area contributed by atoms with Crippen molar-refractivity contribution in [2.45, 2.75) is 18.7 Å². The van der Waals surface area contributed by atoms with Gasteiger partial charge in [-0.3, -0.25) is 9.59 Å². The Labute approximate surface area is 174 Å². The summed E-state index contributed by atoms with van der Waals surface area (Å²) in [7, 11) is 0. The highest BCUT2D eigenvalue weighted by Gasteiger charge is 2.13. The van der Waals surface area contributed by atoms with Gasteiger partial charge in [0.2, 0.25) is 0 Å². The number of nitrogens with one attached hydrogen (secondary N) is 1. The predicted octanol–water partition coefficient (Wildman–Crippen LogP) is 6.18. The van der Waals surface area contributed by atoms with Crippen LogP contribution in [-0.2, 0) is 0 Å². The molecule has 1 N–H and O–H groups in total. The number of ketones is 1. The van der Waals surface area contributed by atoms with Crippen LogP contribution in [-0.4, -0.2) is 17.4 Å². The Kier molecular flexibility index (Phi) is 6.55. The van der Waals surface area contributed by atoms with E-state index in [4.69, 9.17) is 11.6 Å². The number of thioether (sulfide) groups is 1. The first-order valence-corrected chi connectivity index (χ1v) is 10.2. The van der Waals surface area contributed by atoms with Crippen LogP contribution in [0.1, 0.15) is 31.8 Å². The molecule has 0 aliphatic carbocycles. The smallest absolute Gasteiger partial charge is 0.255 e. The molecule has 0 bridgehead atoms. The summed E-state index contributed by atoms with van der Waals surface area (Å²) in [6.45, 7) is 3.87. The van der Waals surface area contributed by atoms with Crippen LogP contribution in [0.4, 0.5) is 5.69 Å². The number of benzene rings is 3. The number of hydrogen-bond donors (Lipinski definition) is 1. The number of amides is 1. The molecule has 0 spiro atoms. The van der Waals surface area contributed by atoms with E-state index >= 15 is 0 Å². The van der Waals surface area contributed by atoms with Crippen LogP contribution in [0.3, 0.4) is 0 Å².